The van der Waals surface area contributed by atoms with Gasteiger partial charge in [-0.05, 0) is 56.8 Å². The summed E-state index contributed by atoms with van der Waals surface area (Å²) in [4.78, 5) is 0. The Morgan fingerprint density at radius 2 is 0.678 bits per heavy atom. The molecule has 0 rings (SSSR count). The van der Waals surface area contributed by atoms with E-state index in [-0.39, 0.29) is 12.8 Å². The quantitative estimate of drug-likeness (QED) is 0.0437. The minimum atomic E-state index is -5.25. The second-order valence-electron chi connectivity index (χ2n) is 13.9. The lowest BCUT2D eigenvalue weighted by Crippen LogP contribution is -2.43. The third-order valence-electron chi connectivity index (χ3n) is 9.85. The van der Waals surface area contributed by atoms with Crippen LogP contribution in [0.25, 0.3) is 0 Å². The largest absolute Gasteiger partial charge is 0.500 e. The summed E-state index contributed by atoms with van der Waals surface area (Å²) >= 11 is 0. The fourth-order valence-electron chi connectivity index (χ4n) is 6.59. The van der Waals surface area contributed by atoms with Crippen LogP contribution in [0.4, 0.5) is 43.9 Å². The van der Waals surface area contributed by atoms with Gasteiger partial charge in [0.2, 0.25) is 0 Å². The van der Waals surface area contributed by atoms with Crippen LogP contribution in [-0.4, -0.2) is 154 Å². The van der Waals surface area contributed by atoms with Crippen LogP contribution >= 0.6 is 0 Å². The molecular formula is C33H64F10O13Si3. The molecule has 59 heavy (non-hydrogen) atoms. The van der Waals surface area contributed by atoms with Crippen molar-refractivity contribution in [2.45, 2.75) is 113 Å². The van der Waals surface area contributed by atoms with Gasteiger partial charge in [0, 0.05) is 95.7 Å². The molecule has 0 aliphatic rings. The normalized spacial score (nSPS) is 14.4. The lowest BCUT2D eigenvalue weighted by Gasteiger charge is -2.37. The molecule has 0 saturated heterocycles. The van der Waals surface area contributed by atoms with Crippen LogP contribution in [0.15, 0.2) is 0 Å². The van der Waals surface area contributed by atoms with Crippen molar-refractivity contribution >= 4 is 26.4 Å². The molecule has 0 saturated carbocycles. The van der Waals surface area contributed by atoms with Crippen LogP contribution in [0, 0.1) is 5.41 Å². The molecule has 0 amide bonds. The van der Waals surface area contributed by atoms with Gasteiger partial charge in [0.1, 0.15) is 32.8 Å². The Labute approximate surface area is 344 Å². The highest BCUT2D eigenvalue weighted by molar-refractivity contribution is 6.61. The Bertz CT molecular complexity index is 1040. The van der Waals surface area contributed by atoms with Crippen molar-refractivity contribution in [2.75, 3.05) is 97.5 Å². The highest BCUT2D eigenvalue weighted by Crippen LogP contribution is 2.44. The van der Waals surface area contributed by atoms with Crippen molar-refractivity contribution in [3.8, 4) is 0 Å². The lowest BCUT2D eigenvalue weighted by molar-refractivity contribution is -0.397. The van der Waals surface area contributed by atoms with Gasteiger partial charge in [0.05, 0.1) is 0 Å². The number of alkyl halides is 10. The summed E-state index contributed by atoms with van der Waals surface area (Å²) in [5.74, 6) is -8.35. The molecule has 0 aliphatic heterocycles. The lowest BCUT2D eigenvalue weighted by atomic mass is 9.72. The van der Waals surface area contributed by atoms with E-state index in [4.69, 9.17) is 39.8 Å². The number of hydrogen-bond acceptors (Lipinski definition) is 13. The van der Waals surface area contributed by atoms with Gasteiger partial charge in [-0.25, -0.2) is 17.6 Å². The molecule has 0 aromatic carbocycles. The Morgan fingerprint density at radius 1 is 0.356 bits per heavy atom. The van der Waals surface area contributed by atoms with Crippen molar-refractivity contribution < 1.29 is 103 Å². The molecule has 0 bridgehead atoms. The molecule has 0 N–H and O–H groups in total. The maximum absolute atomic E-state index is 15.1. The Balaban J connectivity index is 5.98. The molecule has 0 aromatic heterocycles. The maximum atomic E-state index is 15.1. The summed E-state index contributed by atoms with van der Waals surface area (Å²) in [5, 5.41) is 0. The number of hydrogen-bond donors (Lipinski definition) is 0. The zero-order valence-electron chi connectivity index (χ0n) is 35.6. The SMILES string of the molecule is COC(F)(F)COCC(F)(F)CC(F)(F)OC(F)(F)COCC(F)(F)CCCC(CCC[Si](OC)(OC)OC)(CCC[Si](OC)(OC)OC)CCC[Si](OC)(OC)OC. The summed E-state index contributed by atoms with van der Waals surface area (Å²) in [6.45, 7) is -7.52. The van der Waals surface area contributed by atoms with Crippen LogP contribution < -0.4 is 0 Å². The molecule has 0 spiro atoms. The third-order valence-corrected chi connectivity index (χ3v) is 18.3. The van der Waals surface area contributed by atoms with Crippen LogP contribution in [0.3, 0.4) is 0 Å². The second kappa shape index (κ2) is 26.3. The third kappa shape index (κ3) is 22.1. The zero-order valence-corrected chi connectivity index (χ0v) is 38.6. The van der Waals surface area contributed by atoms with E-state index < -0.39 is 101 Å². The molecule has 0 fully saturated rings. The molecule has 26 heteroatoms. The monoisotopic (exact) mass is 942 g/mol. The number of ether oxygens (including phenoxy) is 4. The molecule has 0 unspecified atom stereocenters. The van der Waals surface area contributed by atoms with Crippen molar-refractivity contribution in [2.24, 2.45) is 5.41 Å². The van der Waals surface area contributed by atoms with Gasteiger partial charge >= 0.3 is 44.7 Å². The molecule has 0 radical (unpaired) electrons. The summed E-state index contributed by atoms with van der Waals surface area (Å²) in [6.07, 6.45) is -14.8. The fraction of sp³-hybridized carbons (Fsp3) is 1.00. The Morgan fingerprint density at radius 3 is 1.02 bits per heavy atom. The van der Waals surface area contributed by atoms with E-state index in [1.54, 1.807) is 0 Å². The summed E-state index contributed by atoms with van der Waals surface area (Å²) in [5.41, 5.74) is -0.624. The first-order valence-electron chi connectivity index (χ1n) is 18.5. The average Bonchev–Trinajstić information content (AvgIpc) is 3.16. The Hall–Kier alpha value is -0.569. The van der Waals surface area contributed by atoms with Crippen molar-refractivity contribution in [1.82, 2.24) is 0 Å². The van der Waals surface area contributed by atoms with Crippen LogP contribution in [0.2, 0.25) is 18.1 Å². The van der Waals surface area contributed by atoms with E-state index in [1.807, 2.05) is 0 Å². The fourth-order valence-corrected chi connectivity index (χ4v) is 11.8. The van der Waals surface area contributed by atoms with Crippen LogP contribution in [0.5, 0.6) is 0 Å². The van der Waals surface area contributed by atoms with Gasteiger partial charge in [0.25, 0.3) is 11.8 Å². The van der Waals surface area contributed by atoms with E-state index in [1.165, 1.54) is 64.0 Å². The molecule has 0 heterocycles. The highest BCUT2D eigenvalue weighted by Gasteiger charge is 2.52. The molecule has 356 valence electrons. The van der Waals surface area contributed by atoms with Gasteiger partial charge < -0.3 is 54.0 Å². The van der Waals surface area contributed by atoms with Crippen molar-refractivity contribution in [3.05, 3.63) is 0 Å². The minimum absolute atomic E-state index is 0.140. The smallest absolute Gasteiger partial charge is 0.377 e. The second-order valence-corrected chi connectivity index (χ2v) is 23.2. The average molecular weight is 943 g/mol. The van der Waals surface area contributed by atoms with Gasteiger partial charge in [-0.2, -0.15) is 26.3 Å². The van der Waals surface area contributed by atoms with Crippen LogP contribution in [0.1, 0.15) is 64.2 Å². The summed E-state index contributed by atoms with van der Waals surface area (Å²) < 4.78 is 206. The minimum Gasteiger partial charge on any atom is -0.377 e. The van der Waals surface area contributed by atoms with Crippen molar-refractivity contribution in [1.29, 1.82) is 0 Å². The van der Waals surface area contributed by atoms with E-state index in [0.29, 0.717) is 63.8 Å². The highest BCUT2D eigenvalue weighted by atomic mass is 28.4. The van der Waals surface area contributed by atoms with E-state index in [0.717, 1.165) is 0 Å². The first kappa shape index (κ1) is 58.4. The first-order valence-corrected chi connectivity index (χ1v) is 24.3. The molecule has 0 aromatic rings. The first-order chi connectivity index (χ1) is 27.3. The number of halogens is 10. The van der Waals surface area contributed by atoms with E-state index in [9.17, 15) is 35.1 Å². The standard InChI is InChI=1S/C33H64F10O13Si3/c1-44-32(40,41)26-55-25-30(36,37)23-31(38,39)56-33(42,43)27-54-24-29(34,35)19-11-15-28(16-12-20-57(45-2,46-3)47-4,17-13-21-58(48-5,49-6)50-7)18-14-22-59(51-8,52-9)53-10/h11-27H2,1-10H3. The van der Waals surface area contributed by atoms with Gasteiger partial charge in [0.15, 0.2) is 0 Å². The topological polar surface area (TPSA) is 120 Å². The molecule has 0 aliphatic carbocycles. The predicted octanol–water partition coefficient (Wildman–Crippen LogP) is 8.25. The maximum Gasteiger partial charge on any atom is 0.500 e. The molecule has 0 atom stereocenters. The van der Waals surface area contributed by atoms with Gasteiger partial charge in [-0.15, -0.1) is 0 Å². The predicted molar refractivity (Wildman–Crippen MR) is 198 cm³/mol. The zero-order chi connectivity index (χ0) is 45.7. The molecular weight excluding hydrogens is 879 g/mol. The summed E-state index contributed by atoms with van der Waals surface area (Å²) in [7, 11) is 4.60. The Kier molecular flexibility index (Phi) is 26.0. The molecule has 13 nitrogen and oxygen atoms in total. The number of methoxy groups -OCH3 is 1. The summed E-state index contributed by atoms with van der Waals surface area (Å²) in [6, 6.07) is 1.20. The van der Waals surface area contributed by atoms with Gasteiger partial charge in [-0.3, -0.25) is 4.74 Å². The van der Waals surface area contributed by atoms with E-state index in [2.05, 4.69) is 18.9 Å². The van der Waals surface area contributed by atoms with Crippen molar-refractivity contribution in [3.63, 3.8) is 0 Å². The van der Waals surface area contributed by atoms with E-state index >= 15 is 8.78 Å². The van der Waals surface area contributed by atoms with Gasteiger partial charge in [-0.1, -0.05) is 0 Å². The van der Waals surface area contributed by atoms with Crippen LogP contribution in [-0.2, 0) is 58.8 Å². The number of rotatable bonds is 38.